The van der Waals surface area contributed by atoms with Gasteiger partial charge in [-0.05, 0) is 38.8 Å². The zero-order chi connectivity index (χ0) is 14.3. The fraction of sp³-hybridized carbons (Fsp3) is 0.625. The Labute approximate surface area is 117 Å². The van der Waals surface area contributed by atoms with Crippen molar-refractivity contribution < 1.29 is 5.11 Å². The summed E-state index contributed by atoms with van der Waals surface area (Å²) >= 11 is 0. The maximum absolute atomic E-state index is 9.68. The Bertz CT molecular complexity index is 353. The van der Waals surface area contributed by atoms with E-state index in [1.165, 1.54) is 0 Å². The Kier molecular flexibility index (Phi) is 6.49. The first-order chi connectivity index (χ1) is 9.03. The normalized spacial score (nSPS) is 14.9. The molecule has 19 heavy (non-hydrogen) atoms. The number of hydrogen-bond donors (Lipinski definition) is 2. The minimum absolute atomic E-state index is 0.0188. The van der Waals surface area contributed by atoms with Crippen LogP contribution in [0.3, 0.4) is 0 Å². The van der Waals surface area contributed by atoms with Crippen molar-refractivity contribution in [3.63, 3.8) is 0 Å². The van der Waals surface area contributed by atoms with E-state index in [2.05, 4.69) is 25.7 Å². The Hall–Kier alpha value is -0.900. The van der Waals surface area contributed by atoms with Crippen molar-refractivity contribution in [1.29, 1.82) is 0 Å². The molecule has 0 amide bonds. The first kappa shape index (κ1) is 16.2. The summed E-state index contributed by atoms with van der Waals surface area (Å²) in [5.74, 6) is 0. The lowest BCUT2D eigenvalue weighted by Gasteiger charge is -2.33. The molecule has 1 atom stereocenters. The number of nitrogens with two attached hydrogens (primary N) is 1. The monoisotopic (exact) mass is 264 g/mol. The Morgan fingerprint density at radius 1 is 1.21 bits per heavy atom. The molecule has 1 rings (SSSR count). The predicted molar refractivity (Wildman–Crippen MR) is 81.0 cm³/mol. The van der Waals surface area contributed by atoms with Crippen LogP contribution in [0.1, 0.15) is 39.2 Å². The third-order valence-corrected chi connectivity index (χ3v) is 3.72. The second kappa shape index (κ2) is 7.63. The average Bonchev–Trinajstić information content (AvgIpc) is 2.43. The summed E-state index contributed by atoms with van der Waals surface area (Å²) in [7, 11) is 0. The molecule has 1 aromatic carbocycles. The van der Waals surface area contributed by atoms with Crippen LogP contribution in [0.2, 0.25) is 0 Å². The number of nitrogens with zero attached hydrogens (tertiary/aromatic N) is 1. The third kappa shape index (κ3) is 4.60. The molecular formula is C16H28N2O. The molecule has 108 valence electrons. The predicted octanol–water partition coefficient (Wildman–Crippen LogP) is 2.34. The molecule has 3 nitrogen and oxygen atoms in total. The molecule has 0 heterocycles. The fourth-order valence-electron chi connectivity index (χ4n) is 2.34. The second-order valence-electron chi connectivity index (χ2n) is 5.56. The minimum atomic E-state index is -0.637. The Morgan fingerprint density at radius 2 is 1.84 bits per heavy atom. The maximum Gasteiger partial charge on any atom is 0.0656 e. The van der Waals surface area contributed by atoms with Gasteiger partial charge in [-0.25, -0.2) is 0 Å². The van der Waals surface area contributed by atoms with E-state index in [-0.39, 0.29) is 6.61 Å². The van der Waals surface area contributed by atoms with E-state index in [0.717, 1.165) is 31.5 Å². The number of rotatable bonds is 8. The highest BCUT2D eigenvalue weighted by molar-refractivity contribution is 5.24. The van der Waals surface area contributed by atoms with Crippen LogP contribution in [0.5, 0.6) is 0 Å². The molecule has 0 spiro atoms. The van der Waals surface area contributed by atoms with E-state index in [1.54, 1.807) is 0 Å². The van der Waals surface area contributed by atoms with Gasteiger partial charge in [0.1, 0.15) is 0 Å². The number of hydrogen-bond acceptors (Lipinski definition) is 3. The van der Waals surface area contributed by atoms with Crippen LogP contribution in [0.4, 0.5) is 0 Å². The average molecular weight is 264 g/mol. The zero-order valence-electron chi connectivity index (χ0n) is 12.5. The zero-order valence-corrected chi connectivity index (χ0v) is 12.5. The third-order valence-electron chi connectivity index (χ3n) is 3.72. The Morgan fingerprint density at radius 3 is 2.32 bits per heavy atom. The van der Waals surface area contributed by atoms with Gasteiger partial charge in [-0.2, -0.15) is 0 Å². The summed E-state index contributed by atoms with van der Waals surface area (Å²) in [6.45, 7) is 8.57. The quantitative estimate of drug-likeness (QED) is 0.758. The van der Waals surface area contributed by atoms with Crippen molar-refractivity contribution in [2.24, 2.45) is 5.73 Å². The van der Waals surface area contributed by atoms with Crippen LogP contribution in [0.15, 0.2) is 30.3 Å². The molecule has 0 aromatic heterocycles. The van der Waals surface area contributed by atoms with Gasteiger partial charge in [0.25, 0.3) is 0 Å². The number of aliphatic hydroxyl groups excluding tert-OH is 1. The van der Waals surface area contributed by atoms with E-state index >= 15 is 0 Å². The van der Waals surface area contributed by atoms with E-state index in [1.807, 2.05) is 30.3 Å². The highest BCUT2D eigenvalue weighted by Gasteiger charge is 2.27. The van der Waals surface area contributed by atoms with Gasteiger partial charge in [0, 0.05) is 12.6 Å². The van der Waals surface area contributed by atoms with Gasteiger partial charge in [-0.3, -0.25) is 0 Å². The first-order valence-electron chi connectivity index (χ1n) is 7.23. The van der Waals surface area contributed by atoms with Gasteiger partial charge in [-0.15, -0.1) is 0 Å². The molecule has 0 saturated carbocycles. The Balaban J connectivity index is 2.71. The van der Waals surface area contributed by atoms with Gasteiger partial charge < -0.3 is 15.7 Å². The summed E-state index contributed by atoms with van der Waals surface area (Å²) in [5, 5.41) is 9.68. The summed E-state index contributed by atoms with van der Waals surface area (Å²) in [5.41, 5.74) is 6.76. The topological polar surface area (TPSA) is 49.5 Å². The van der Waals surface area contributed by atoms with Crippen molar-refractivity contribution in [3.05, 3.63) is 35.9 Å². The molecule has 3 heteroatoms. The molecule has 0 radical (unpaired) electrons. The molecule has 0 aliphatic rings. The summed E-state index contributed by atoms with van der Waals surface area (Å²) in [6.07, 6.45) is 1.91. The molecule has 3 N–H and O–H groups in total. The van der Waals surface area contributed by atoms with Crippen LogP contribution in [-0.2, 0) is 5.54 Å². The summed E-state index contributed by atoms with van der Waals surface area (Å²) in [6, 6.07) is 10.4. The van der Waals surface area contributed by atoms with E-state index in [0.29, 0.717) is 6.04 Å². The summed E-state index contributed by atoms with van der Waals surface area (Å²) < 4.78 is 0. The van der Waals surface area contributed by atoms with Crippen LogP contribution in [0, 0.1) is 0 Å². The largest absolute Gasteiger partial charge is 0.394 e. The van der Waals surface area contributed by atoms with Crippen LogP contribution in [-0.4, -0.2) is 35.7 Å². The first-order valence-corrected chi connectivity index (χ1v) is 7.23. The molecule has 1 unspecified atom stereocenters. The van der Waals surface area contributed by atoms with E-state index in [9.17, 15) is 5.11 Å². The molecule has 0 aliphatic carbocycles. The fourth-order valence-corrected chi connectivity index (χ4v) is 2.34. The highest BCUT2D eigenvalue weighted by Crippen LogP contribution is 2.22. The van der Waals surface area contributed by atoms with Crippen molar-refractivity contribution >= 4 is 0 Å². The molecule has 0 aliphatic heterocycles. The van der Waals surface area contributed by atoms with E-state index in [4.69, 9.17) is 5.73 Å². The van der Waals surface area contributed by atoms with Crippen LogP contribution < -0.4 is 5.73 Å². The molecule has 0 saturated heterocycles. The highest BCUT2D eigenvalue weighted by atomic mass is 16.3. The van der Waals surface area contributed by atoms with Gasteiger partial charge in [-0.1, -0.05) is 37.3 Å². The lowest BCUT2D eigenvalue weighted by molar-refractivity contribution is 0.149. The second-order valence-corrected chi connectivity index (χ2v) is 5.56. The lowest BCUT2D eigenvalue weighted by atomic mass is 9.88. The van der Waals surface area contributed by atoms with Gasteiger partial charge >= 0.3 is 0 Å². The van der Waals surface area contributed by atoms with Crippen molar-refractivity contribution in [3.8, 4) is 0 Å². The van der Waals surface area contributed by atoms with Gasteiger partial charge in [0.15, 0.2) is 0 Å². The van der Waals surface area contributed by atoms with Gasteiger partial charge in [0.2, 0.25) is 0 Å². The number of aliphatic hydroxyl groups is 1. The van der Waals surface area contributed by atoms with Gasteiger partial charge in [0.05, 0.1) is 12.1 Å². The van der Waals surface area contributed by atoms with Crippen LogP contribution in [0.25, 0.3) is 0 Å². The standard InChI is InChI=1S/C16H28N2O/c1-4-11-18(14(2)3)12-10-16(17,13-19)15-8-6-5-7-9-15/h5-9,14,19H,4,10-13,17H2,1-3H3. The van der Waals surface area contributed by atoms with Crippen molar-refractivity contribution in [2.75, 3.05) is 19.7 Å². The smallest absolute Gasteiger partial charge is 0.0656 e. The molecular weight excluding hydrogens is 236 g/mol. The van der Waals surface area contributed by atoms with E-state index < -0.39 is 5.54 Å². The summed E-state index contributed by atoms with van der Waals surface area (Å²) in [4.78, 5) is 2.42. The lowest BCUT2D eigenvalue weighted by Crippen LogP contribution is -2.45. The molecule has 1 aromatic rings. The van der Waals surface area contributed by atoms with Crippen molar-refractivity contribution in [1.82, 2.24) is 4.90 Å². The molecule has 0 bridgehead atoms. The SMILES string of the molecule is CCCN(CCC(N)(CO)c1ccccc1)C(C)C. The molecule has 0 fully saturated rings. The van der Waals surface area contributed by atoms with Crippen LogP contribution >= 0.6 is 0 Å². The van der Waals surface area contributed by atoms with Crippen molar-refractivity contribution in [2.45, 2.75) is 45.2 Å². The maximum atomic E-state index is 9.68. The number of benzene rings is 1. The minimum Gasteiger partial charge on any atom is -0.394 e.